The van der Waals surface area contributed by atoms with Crippen LogP contribution < -0.4 is 10.1 Å². The number of carbonyl (C=O) groups excluding carboxylic acids is 1. The predicted molar refractivity (Wildman–Crippen MR) is 128 cm³/mol. The maximum absolute atomic E-state index is 13.5. The van der Waals surface area contributed by atoms with Gasteiger partial charge in [0.25, 0.3) is 5.91 Å². The topological polar surface area (TPSA) is 121 Å². The highest BCUT2D eigenvalue weighted by atomic mass is 16.5. The monoisotopic (exact) mass is 465 g/mol. The van der Waals surface area contributed by atoms with Crippen molar-refractivity contribution in [3.8, 4) is 23.1 Å². The van der Waals surface area contributed by atoms with Crippen molar-refractivity contribution < 1.29 is 13.9 Å². The van der Waals surface area contributed by atoms with Crippen molar-refractivity contribution in [1.29, 1.82) is 0 Å². The first-order valence-corrected chi connectivity index (χ1v) is 10.6. The number of aryl methyl sites for hydroxylation is 1. The molecule has 0 radical (unpaired) electrons. The lowest BCUT2D eigenvalue weighted by atomic mass is 10.1. The number of ether oxygens (including phenoxy) is 1. The van der Waals surface area contributed by atoms with Crippen molar-refractivity contribution in [3.05, 3.63) is 96.7 Å². The molecule has 0 aliphatic carbocycles. The third kappa shape index (κ3) is 4.96. The molecule has 0 fully saturated rings. The van der Waals surface area contributed by atoms with Gasteiger partial charge in [-0.15, -0.1) is 5.10 Å². The Labute approximate surface area is 199 Å². The van der Waals surface area contributed by atoms with Gasteiger partial charge in [-0.25, -0.2) is 9.97 Å². The molecule has 0 atom stereocenters. The lowest BCUT2D eigenvalue weighted by Gasteiger charge is -2.13. The fourth-order valence-electron chi connectivity index (χ4n) is 3.32. The third-order valence-electron chi connectivity index (χ3n) is 4.98. The Hall–Kier alpha value is -5.12. The maximum atomic E-state index is 13.5. The Morgan fingerprint density at radius 3 is 2.60 bits per heavy atom. The van der Waals surface area contributed by atoms with Crippen molar-refractivity contribution in [2.45, 2.75) is 6.92 Å². The van der Waals surface area contributed by atoms with Gasteiger partial charge in [0.2, 0.25) is 0 Å². The van der Waals surface area contributed by atoms with E-state index in [2.05, 4.69) is 30.8 Å². The van der Waals surface area contributed by atoms with Crippen LogP contribution in [0.3, 0.4) is 0 Å². The summed E-state index contributed by atoms with van der Waals surface area (Å²) in [7, 11) is 0. The van der Waals surface area contributed by atoms with Gasteiger partial charge in [-0.05, 0) is 59.3 Å². The number of hydrogen-bond acceptors (Lipinski definition) is 8. The molecule has 1 N–H and O–H groups in total. The summed E-state index contributed by atoms with van der Waals surface area (Å²) in [5.41, 5.74) is 2.32. The van der Waals surface area contributed by atoms with Crippen LogP contribution in [0.1, 0.15) is 11.3 Å². The third-order valence-corrected chi connectivity index (χ3v) is 4.98. The van der Waals surface area contributed by atoms with Gasteiger partial charge in [-0.2, -0.15) is 4.68 Å². The first-order valence-electron chi connectivity index (χ1n) is 10.6. The van der Waals surface area contributed by atoms with Crippen LogP contribution in [0.4, 0.5) is 5.69 Å². The minimum Gasteiger partial charge on any atom is -0.465 e. The Bertz CT molecular complexity index is 1460. The molecule has 5 aromatic rings. The molecule has 3 aromatic heterocycles. The number of furan rings is 1. The van der Waals surface area contributed by atoms with E-state index in [4.69, 9.17) is 9.15 Å². The van der Waals surface area contributed by atoms with Gasteiger partial charge < -0.3 is 14.5 Å². The van der Waals surface area contributed by atoms with Gasteiger partial charge in [0, 0.05) is 29.7 Å². The number of benzene rings is 2. The molecule has 172 valence electrons. The number of anilines is 1. The van der Waals surface area contributed by atoms with Crippen LogP contribution in [0.5, 0.6) is 11.8 Å². The van der Waals surface area contributed by atoms with Gasteiger partial charge in [0.15, 0.2) is 5.82 Å². The number of hydrogen-bond donors (Lipinski definition) is 1. The fraction of sp³-hybridized carbons (Fsp3) is 0.0400. The van der Waals surface area contributed by atoms with Gasteiger partial charge in [0.1, 0.15) is 17.2 Å². The van der Waals surface area contributed by atoms with E-state index >= 15 is 0 Å². The van der Waals surface area contributed by atoms with E-state index in [0.717, 1.165) is 11.1 Å². The molecule has 10 nitrogen and oxygen atoms in total. The second-order valence-electron chi connectivity index (χ2n) is 7.39. The number of carbonyl (C=O) groups is 1. The summed E-state index contributed by atoms with van der Waals surface area (Å²) >= 11 is 0. The number of nitrogens with one attached hydrogen (secondary N) is 1. The summed E-state index contributed by atoms with van der Waals surface area (Å²) < 4.78 is 12.5. The van der Waals surface area contributed by atoms with E-state index in [9.17, 15) is 4.79 Å². The van der Waals surface area contributed by atoms with Crippen molar-refractivity contribution in [2.24, 2.45) is 0 Å². The largest absolute Gasteiger partial charge is 0.465 e. The molecule has 0 bridgehead atoms. The van der Waals surface area contributed by atoms with E-state index in [1.165, 1.54) is 10.9 Å². The minimum absolute atomic E-state index is 0.182. The molecule has 5 rings (SSSR count). The molecule has 1 amide bonds. The van der Waals surface area contributed by atoms with Crippen LogP contribution in [0.15, 0.2) is 89.8 Å². The van der Waals surface area contributed by atoms with Crippen molar-refractivity contribution >= 4 is 23.4 Å². The maximum Gasteiger partial charge on any atom is 0.321 e. The van der Waals surface area contributed by atoms with E-state index in [1.54, 1.807) is 54.9 Å². The summed E-state index contributed by atoms with van der Waals surface area (Å²) in [6.07, 6.45) is 6.30. The average Bonchev–Trinajstić information content (AvgIpc) is 3.58. The van der Waals surface area contributed by atoms with Crippen molar-refractivity contribution in [1.82, 2.24) is 30.2 Å². The SMILES string of the molecule is Cc1cc(Oc2ncccn2)ccc1NC(=O)/C(=C/c1ccco1)n1nnnc1-c1ccccc1. The molecule has 0 aliphatic rings. The second kappa shape index (κ2) is 9.79. The average molecular weight is 465 g/mol. The molecule has 0 spiro atoms. The van der Waals surface area contributed by atoms with Gasteiger partial charge in [-0.3, -0.25) is 4.79 Å². The van der Waals surface area contributed by atoms with Gasteiger partial charge in [-0.1, -0.05) is 30.3 Å². The molecule has 3 heterocycles. The van der Waals surface area contributed by atoms with E-state index < -0.39 is 5.91 Å². The Balaban J connectivity index is 1.44. The van der Waals surface area contributed by atoms with Crippen molar-refractivity contribution in [2.75, 3.05) is 5.32 Å². The molecule has 2 aromatic carbocycles. The van der Waals surface area contributed by atoms with E-state index in [1.807, 2.05) is 37.3 Å². The first-order chi connectivity index (χ1) is 17.2. The first kappa shape index (κ1) is 21.7. The van der Waals surface area contributed by atoms with Gasteiger partial charge >= 0.3 is 6.01 Å². The standard InChI is InChI=1S/C25H19N7O3/c1-17-15-20(35-25-26-12-6-13-27-25)10-11-21(17)28-24(33)22(16-19-9-5-14-34-19)32-23(29-30-31-32)18-7-3-2-4-8-18/h2-16H,1H3,(H,28,33)/b22-16-. The number of nitrogens with zero attached hydrogens (tertiary/aromatic N) is 6. The van der Waals surface area contributed by atoms with Crippen molar-refractivity contribution in [3.63, 3.8) is 0 Å². The number of tetrazole rings is 1. The fourth-order valence-corrected chi connectivity index (χ4v) is 3.32. The number of aromatic nitrogens is 6. The Morgan fingerprint density at radius 2 is 1.86 bits per heavy atom. The lowest BCUT2D eigenvalue weighted by Crippen LogP contribution is -2.20. The molecule has 35 heavy (non-hydrogen) atoms. The van der Waals surface area contributed by atoms with Crippen LogP contribution in [0.25, 0.3) is 23.2 Å². The van der Waals surface area contributed by atoms with Crippen LogP contribution >= 0.6 is 0 Å². The zero-order valence-corrected chi connectivity index (χ0v) is 18.6. The highest BCUT2D eigenvalue weighted by Crippen LogP contribution is 2.26. The van der Waals surface area contributed by atoms with E-state index in [0.29, 0.717) is 23.0 Å². The molecule has 0 saturated heterocycles. The molecule has 0 saturated carbocycles. The number of rotatable bonds is 7. The summed E-state index contributed by atoms with van der Waals surface area (Å²) in [6.45, 7) is 1.86. The highest BCUT2D eigenvalue weighted by Gasteiger charge is 2.20. The van der Waals surface area contributed by atoms with Crippen LogP contribution in [-0.2, 0) is 4.79 Å². The normalized spacial score (nSPS) is 11.3. The zero-order valence-electron chi connectivity index (χ0n) is 18.6. The molecule has 10 heteroatoms. The van der Waals surface area contributed by atoms with Crippen LogP contribution in [0, 0.1) is 6.92 Å². The van der Waals surface area contributed by atoms with E-state index in [-0.39, 0.29) is 11.7 Å². The molecular weight excluding hydrogens is 446 g/mol. The predicted octanol–water partition coefficient (Wildman–Crippen LogP) is 4.46. The highest BCUT2D eigenvalue weighted by molar-refractivity contribution is 6.24. The Morgan fingerprint density at radius 1 is 1.03 bits per heavy atom. The van der Waals surface area contributed by atoms with Crippen LogP contribution in [-0.4, -0.2) is 36.1 Å². The zero-order chi connectivity index (χ0) is 24.0. The Kier molecular flexibility index (Phi) is 6.07. The summed E-state index contributed by atoms with van der Waals surface area (Å²) in [5, 5.41) is 14.9. The summed E-state index contributed by atoms with van der Waals surface area (Å²) in [6, 6.07) is 20.0. The molecular formula is C25H19N7O3. The van der Waals surface area contributed by atoms with Gasteiger partial charge in [0.05, 0.1) is 6.26 Å². The smallest absolute Gasteiger partial charge is 0.321 e. The summed E-state index contributed by atoms with van der Waals surface area (Å²) in [5.74, 6) is 1.02. The summed E-state index contributed by atoms with van der Waals surface area (Å²) in [4.78, 5) is 21.6. The second-order valence-corrected chi connectivity index (χ2v) is 7.39. The molecule has 0 aliphatic heterocycles. The number of amides is 1. The quantitative estimate of drug-likeness (QED) is 0.350. The molecule has 0 unspecified atom stereocenters. The van der Waals surface area contributed by atoms with Crippen LogP contribution in [0.2, 0.25) is 0 Å². The lowest BCUT2D eigenvalue weighted by molar-refractivity contribution is -0.111. The minimum atomic E-state index is -0.422.